The first kappa shape index (κ1) is 46.5. The van der Waals surface area contributed by atoms with E-state index in [4.69, 9.17) is 35.3 Å². The highest BCUT2D eigenvalue weighted by Gasteiger charge is 2.56. The van der Waals surface area contributed by atoms with Crippen molar-refractivity contribution < 1.29 is 53.1 Å². The van der Waals surface area contributed by atoms with Crippen molar-refractivity contribution in [2.75, 3.05) is 27.9 Å². The Labute approximate surface area is 339 Å². The van der Waals surface area contributed by atoms with Crippen LogP contribution in [0.5, 0.6) is 0 Å². The summed E-state index contributed by atoms with van der Waals surface area (Å²) in [6.07, 6.45) is 5.16. The van der Waals surface area contributed by atoms with Crippen LogP contribution in [0.2, 0.25) is 0 Å². The van der Waals surface area contributed by atoms with Gasteiger partial charge in [-0.1, -0.05) is 45.4 Å². The molecule has 14 atom stereocenters. The molecule has 3 fully saturated rings. The quantitative estimate of drug-likeness (QED) is 0.146. The van der Waals surface area contributed by atoms with E-state index in [1.165, 1.54) is 19.1 Å². The van der Waals surface area contributed by atoms with Gasteiger partial charge in [0, 0.05) is 52.0 Å². The van der Waals surface area contributed by atoms with Crippen LogP contribution in [0.25, 0.3) is 0 Å². The monoisotopic (exact) mass is 809 g/mol. The summed E-state index contributed by atoms with van der Waals surface area (Å²) in [6.45, 7) is 11.3. The number of allylic oxidation sites excluding steroid dienone is 3. The molecule has 0 radical (unpaired) electrons. The molecule has 13 heteroatoms. The van der Waals surface area contributed by atoms with Gasteiger partial charge in [0.15, 0.2) is 0 Å². The van der Waals surface area contributed by atoms with Gasteiger partial charge in [0.05, 0.1) is 29.8 Å². The van der Waals surface area contributed by atoms with Crippen LogP contribution in [0.4, 0.5) is 0 Å². The van der Waals surface area contributed by atoms with E-state index in [9.17, 15) is 29.4 Å². The van der Waals surface area contributed by atoms with Gasteiger partial charge in [-0.15, -0.1) is 11.6 Å². The average molecular weight is 810 g/mol. The fourth-order valence-corrected chi connectivity index (χ4v) is 9.69. The predicted molar refractivity (Wildman–Crippen MR) is 212 cm³/mol. The van der Waals surface area contributed by atoms with Crippen LogP contribution in [-0.4, -0.2) is 120 Å². The van der Waals surface area contributed by atoms with E-state index < -0.39 is 77.8 Å². The van der Waals surface area contributed by atoms with Crippen molar-refractivity contribution in [3.05, 3.63) is 23.3 Å². The Morgan fingerprint density at radius 1 is 0.964 bits per heavy atom. The Balaban J connectivity index is 1.76. The summed E-state index contributed by atoms with van der Waals surface area (Å²) in [5.74, 6) is -7.31. The highest BCUT2D eigenvalue weighted by Crippen LogP contribution is 2.39. The van der Waals surface area contributed by atoms with Gasteiger partial charge in [-0.3, -0.25) is 14.4 Å². The van der Waals surface area contributed by atoms with Crippen molar-refractivity contribution in [1.29, 1.82) is 0 Å². The molecule has 1 saturated carbocycles. The molecule has 1 aliphatic carbocycles. The van der Waals surface area contributed by atoms with Crippen LogP contribution >= 0.6 is 11.6 Å². The van der Waals surface area contributed by atoms with E-state index in [1.54, 1.807) is 21.0 Å². The molecular weight excluding hydrogens is 742 g/mol. The fraction of sp³-hybridized carbons (Fsp3) is 0.814. The smallest absolute Gasteiger partial charge is 0.329 e. The number of carbonyl (C=O) groups excluding carboxylic acids is 4. The largest absolute Gasteiger partial charge is 0.456 e. The Bertz CT molecular complexity index is 1440. The molecule has 2 N–H and O–H groups in total. The molecule has 12 nitrogen and oxygen atoms in total. The summed E-state index contributed by atoms with van der Waals surface area (Å²) in [4.78, 5) is 57.7. The molecule has 3 aliphatic heterocycles. The van der Waals surface area contributed by atoms with Gasteiger partial charge in [0.1, 0.15) is 24.0 Å². The Kier molecular flexibility index (Phi) is 17.2. The number of piperidine rings is 1. The number of halogens is 1. The normalized spacial score (nSPS) is 40.6. The Morgan fingerprint density at radius 3 is 2.27 bits per heavy atom. The van der Waals surface area contributed by atoms with Gasteiger partial charge >= 0.3 is 5.97 Å². The number of methoxy groups -OCH3 is 3. The molecule has 0 aromatic heterocycles. The highest BCUT2D eigenvalue weighted by molar-refractivity contribution is 6.39. The second-order valence-electron chi connectivity index (χ2n) is 17.1. The minimum atomic E-state index is -2.49. The number of hydrogen-bond acceptors (Lipinski definition) is 11. The first-order valence-corrected chi connectivity index (χ1v) is 21.2. The number of aliphatic hydroxyl groups excluding tert-OH is 1. The van der Waals surface area contributed by atoms with E-state index in [0.29, 0.717) is 44.1 Å². The number of cyclic esters (lactones) is 1. The van der Waals surface area contributed by atoms with Crippen molar-refractivity contribution in [2.45, 2.75) is 166 Å². The molecule has 0 spiro atoms. The summed E-state index contributed by atoms with van der Waals surface area (Å²) in [5.41, 5.74) is 1.71. The standard InChI is InChI=1S/C43H68ClNO11/c1-10-30-18-24(2)17-25(3)19-36(53-8)39-37(54-9)21-27(5)43(51,56-39)40(48)41(49)45-16-12-11-13-32(45)42(50)55-38(28(6)33(46)23-34(30)47)26(4)20-29-14-15-31(44)35(22-29)52-7/h18,20,25,27-33,35-39,46,51H,10-17,19,21-23H2,1-9H3/t25-,27+,28+,29-,30+,31-,32-,33-,35+,36-,37-,38?,39+,43+/m0/s1. The molecular formula is C43H68ClNO11. The third-order valence-corrected chi connectivity index (χ3v) is 13.3. The van der Waals surface area contributed by atoms with Gasteiger partial charge in [-0.25, -0.2) is 4.79 Å². The third kappa shape index (κ3) is 10.9. The van der Waals surface area contributed by atoms with Crippen molar-refractivity contribution in [3.63, 3.8) is 0 Å². The molecule has 1 amide bonds. The minimum absolute atomic E-state index is 0.0425. The lowest BCUT2D eigenvalue weighted by Gasteiger charge is -2.47. The molecule has 2 bridgehead atoms. The van der Waals surface area contributed by atoms with Crippen LogP contribution < -0.4 is 0 Å². The highest BCUT2D eigenvalue weighted by atomic mass is 35.5. The summed E-state index contributed by atoms with van der Waals surface area (Å²) >= 11 is 6.52. The number of carbonyl (C=O) groups is 4. The number of ketones is 2. The maximum absolute atomic E-state index is 14.3. The molecule has 1 unspecified atom stereocenters. The number of amides is 1. The number of esters is 1. The molecule has 0 aromatic carbocycles. The lowest BCUT2D eigenvalue weighted by Crippen LogP contribution is -2.64. The molecule has 4 rings (SSSR count). The number of Topliss-reactive ketones (excluding diaryl/α,β-unsaturated/α-hetero) is 2. The average Bonchev–Trinajstić information content (AvgIpc) is 3.18. The van der Waals surface area contributed by atoms with Gasteiger partial charge in [-0.05, 0) is 95.5 Å². The van der Waals surface area contributed by atoms with Gasteiger partial charge in [-0.2, -0.15) is 0 Å². The minimum Gasteiger partial charge on any atom is -0.456 e. The van der Waals surface area contributed by atoms with E-state index >= 15 is 0 Å². The number of hydrogen-bond donors (Lipinski definition) is 2. The second kappa shape index (κ2) is 20.7. The number of alkyl halides is 1. The van der Waals surface area contributed by atoms with Crippen LogP contribution in [0, 0.1) is 29.6 Å². The first-order valence-electron chi connectivity index (χ1n) is 20.7. The van der Waals surface area contributed by atoms with E-state index in [0.717, 1.165) is 18.4 Å². The van der Waals surface area contributed by atoms with E-state index in [-0.39, 0.29) is 54.9 Å². The Morgan fingerprint density at radius 2 is 1.62 bits per heavy atom. The zero-order valence-corrected chi connectivity index (χ0v) is 35.8. The summed E-state index contributed by atoms with van der Waals surface area (Å²) in [7, 11) is 4.71. The second-order valence-corrected chi connectivity index (χ2v) is 17.7. The van der Waals surface area contributed by atoms with Crippen molar-refractivity contribution in [1.82, 2.24) is 4.90 Å². The van der Waals surface area contributed by atoms with Crippen LogP contribution in [0.3, 0.4) is 0 Å². The molecule has 318 valence electrons. The van der Waals surface area contributed by atoms with E-state index in [1.807, 2.05) is 32.9 Å². The SMILES string of the molecule is CC[C@@H]1C=C(C)C[C@H](C)C[C@H](OC)[C@H]2O[C@@](O)(C(=O)C(=O)N3CCCC[C@H]3C(=O)OC(C(C)=C[C@@H]3CC[C@H](Cl)[C@H](OC)C3)[C@H](C)[C@@H](O)CC1=O)[C@H](C)C[C@@H]2OC. The van der Waals surface area contributed by atoms with Crippen LogP contribution in [-0.2, 0) is 42.9 Å². The summed E-state index contributed by atoms with van der Waals surface area (Å²) in [5, 5.41) is 23.6. The topological polar surface area (TPSA) is 158 Å². The number of aliphatic hydroxyl groups is 2. The number of fused-ring (bicyclic) bond motifs is 3. The zero-order chi connectivity index (χ0) is 41.5. The van der Waals surface area contributed by atoms with Crippen LogP contribution in [0.1, 0.15) is 112 Å². The summed E-state index contributed by atoms with van der Waals surface area (Å²) < 4.78 is 29.9. The fourth-order valence-electron chi connectivity index (χ4n) is 9.36. The number of ether oxygens (including phenoxy) is 5. The van der Waals surface area contributed by atoms with Crippen molar-refractivity contribution in [3.8, 4) is 0 Å². The van der Waals surface area contributed by atoms with Crippen molar-refractivity contribution in [2.24, 2.45) is 29.6 Å². The predicted octanol–water partition coefficient (Wildman–Crippen LogP) is 5.72. The molecule has 3 heterocycles. The zero-order valence-electron chi connectivity index (χ0n) is 35.0. The summed E-state index contributed by atoms with van der Waals surface area (Å²) in [6, 6.07) is -1.12. The molecule has 56 heavy (non-hydrogen) atoms. The lowest BCUT2D eigenvalue weighted by atomic mass is 9.82. The van der Waals surface area contributed by atoms with Gasteiger partial charge in [0.25, 0.3) is 11.7 Å². The maximum atomic E-state index is 14.3. The molecule has 0 aromatic rings. The van der Waals surface area contributed by atoms with Gasteiger partial charge < -0.3 is 38.8 Å². The molecule has 2 saturated heterocycles. The molecule has 4 aliphatic rings. The number of rotatable bonds is 6. The van der Waals surface area contributed by atoms with Crippen LogP contribution in [0.15, 0.2) is 23.3 Å². The number of nitrogens with zero attached hydrogens (tertiary/aromatic N) is 1. The lowest BCUT2D eigenvalue weighted by molar-refractivity contribution is -0.302. The maximum Gasteiger partial charge on any atom is 0.329 e. The first-order chi connectivity index (χ1) is 26.5. The van der Waals surface area contributed by atoms with E-state index in [2.05, 4.69) is 6.92 Å². The van der Waals surface area contributed by atoms with Crippen molar-refractivity contribution >= 4 is 35.0 Å². The Hall–Kier alpha value is -2.19. The third-order valence-electron chi connectivity index (χ3n) is 12.8. The van der Waals surface area contributed by atoms with Gasteiger partial charge in [0.2, 0.25) is 5.79 Å².